The molecule has 4 nitrogen and oxygen atoms in total. The highest BCUT2D eigenvalue weighted by molar-refractivity contribution is 5.97. The van der Waals surface area contributed by atoms with Gasteiger partial charge in [-0.25, -0.2) is 0 Å². The van der Waals surface area contributed by atoms with E-state index < -0.39 is 5.60 Å². The molecule has 4 heteroatoms. The minimum absolute atomic E-state index is 0.0109. The Morgan fingerprint density at radius 1 is 1.07 bits per heavy atom. The molecule has 0 amide bonds. The molecule has 28 heavy (non-hydrogen) atoms. The van der Waals surface area contributed by atoms with E-state index in [0.29, 0.717) is 35.9 Å². The molecule has 0 spiro atoms. The van der Waals surface area contributed by atoms with Gasteiger partial charge in [0.1, 0.15) is 0 Å². The molecule has 2 unspecified atom stereocenters. The van der Waals surface area contributed by atoms with E-state index >= 15 is 0 Å². The third kappa shape index (κ3) is 1.99. The predicted octanol–water partition coefficient (Wildman–Crippen LogP) is 4.04. The van der Waals surface area contributed by atoms with Crippen molar-refractivity contribution in [2.75, 3.05) is 0 Å². The van der Waals surface area contributed by atoms with Gasteiger partial charge in [-0.05, 0) is 79.8 Å². The van der Waals surface area contributed by atoms with E-state index in [1.54, 1.807) is 6.92 Å². The van der Waals surface area contributed by atoms with Crippen molar-refractivity contribution in [3.63, 3.8) is 0 Å². The number of hydrogen-bond donors (Lipinski definition) is 0. The van der Waals surface area contributed by atoms with Gasteiger partial charge in [0.2, 0.25) is 0 Å². The molecule has 150 valence electrons. The van der Waals surface area contributed by atoms with E-state index in [0.717, 1.165) is 25.7 Å². The molecule has 5 aliphatic carbocycles. The summed E-state index contributed by atoms with van der Waals surface area (Å²) in [5, 5.41) is 0. The first-order valence-corrected chi connectivity index (χ1v) is 10.8. The first-order chi connectivity index (χ1) is 13.1. The Kier molecular flexibility index (Phi) is 3.57. The third-order valence-corrected chi connectivity index (χ3v) is 9.45. The van der Waals surface area contributed by atoms with Gasteiger partial charge in [0.15, 0.2) is 17.2 Å². The monoisotopic (exact) mass is 382 g/mol. The first-order valence-electron chi connectivity index (χ1n) is 10.8. The molecule has 0 aromatic carbocycles. The van der Waals surface area contributed by atoms with Crippen molar-refractivity contribution in [2.45, 2.75) is 65.4 Å². The SMILES string of the molecule is CC(=O)O[C@@]1(C(C)=O)CC[C@H]2[C@@H]3C=CC4=CC(=O)C5CC5[C@@]4(C)[C@@H]3CC[C@@]21C. The topological polar surface area (TPSA) is 60.4 Å². The molecule has 3 fully saturated rings. The molecule has 0 aliphatic heterocycles. The summed E-state index contributed by atoms with van der Waals surface area (Å²) in [5.74, 6) is 1.87. The summed E-state index contributed by atoms with van der Waals surface area (Å²) >= 11 is 0. The largest absolute Gasteiger partial charge is 0.451 e. The second-order valence-corrected chi connectivity index (χ2v) is 10.4. The summed E-state index contributed by atoms with van der Waals surface area (Å²) in [7, 11) is 0. The lowest BCUT2D eigenvalue weighted by Gasteiger charge is -2.57. The predicted molar refractivity (Wildman–Crippen MR) is 104 cm³/mol. The van der Waals surface area contributed by atoms with Gasteiger partial charge in [-0.2, -0.15) is 0 Å². The van der Waals surface area contributed by atoms with Crippen LogP contribution in [0.3, 0.4) is 0 Å². The highest BCUT2D eigenvalue weighted by Gasteiger charge is 2.69. The van der Waals surface area contributed by atoms with Crippen LogP contribution in [0.1, 0.15) is 59.8 Å². The number of esters is 1. The number of carbonyl (C=O) groups is 3. The Morgan fingerprint density at radius 3 is 2.46 bits per heavy atom. The normalized spacial score (nSPS) is 50.6. The average Bonchev–Trinajstić information content (AvgIpc) is 3.37. The number of allylic oxidation sites excluding steroid dienone is 4. The first kappa shape index (κ1) is 18.3. The molecular formula is C24H30O4. The molecule has 0 aromatic rings. The lowest BCUT2D eigenvalue weighted by Crippen LogP contribution is -2.58. The van der Waals surface area contributed by atoms with Crippen LogP contribution in [0, 0.1) is 40.4 Å². The zero-order valence-electron chi connectivity index (χ0n) is 17.3. The Bertz CT molecular complexity index is 853. The zero-order chi connectivity index (χ0) is 20.1. The van der Waals surface area contributed by atoms with Gasteiger partial charge in [0, 0.05) is 18.3 Å². The number of carbonyl (C=O) groups excluding carboxylic acids is 3. The average molecular weight is 383 g/mol. The summed E-state index contributed by atoms with van der Waals surface area (Å²) in [6.07, 6.45) is 10.9. The zero-order valence-corrected chi connectivity index (χ0v) is 17.3. The highest BCUT2D eigenvalue weighted by atomic mass is 16.6. The standard InChI is InChI=1S/C24H30O4/c1-13(25)24(28-14(2)26)10-8-18-16-6-5-15-11-21(27)17-12-20(17)23(15,4)19(16)7-9-22(18,24)3/h5-6,11,16-20H,7-10,12H2,1-4H3/t16-,17?,18-,19+,20?,22-,23+,24+/m0/s1. The van der Waals surface area contributed by atoms with Crippen LogP contribution in [-0.4, -0.2) is 23.1 Å². The van der Waals surface area contributed by atoms with Gasteiger partial charge < -0.3 is 4.74 Å². The lowest BCUT2D eigenvalue weighted by atomic mass is 9.47. The highest BCUT2D eigenvalue weighted by Crippen LogP contribution is 2.71. The van der Waals surface area contributed by atoms with Crippen LogP contribution in [0.15, 0.2) is 23.8 Å². The molecule has 8 atom stereocenters. The van der Waals surface area contributed by atoms with Crippen LogP contribution in [0.2, 0.25) is 0 Å². The second-order valence-electron chi connectivity index (χ2n) is 10.4. The van der Waals surface area contributed by atoms with E-state index in [9.17, 15) is 14.4 Å². The maximum atomic E-state index is 12.8. The van der Waals surface area contributed by atoms with Crippen LogP contribution >= 0.6 is 0 Å². The van der Waals surface area contributed by atoms with Crippen molar-refractivity contribution in [3.05, 3.63) is 23.8 Å². The van der Waals surface area contributed by atoms with Crippen LogP contribution in [0.5, 0.6) is 0 Å². The minimum Gasteiger partial charge on any atom is -0.451 e. The molecule has 0 N–H and O–H groups in total. The van der Waals surface area contributed by atoms with Crippen molar-refractivity contribution in [1.82, 2.24) is 0 Å². The summed E-state index contributed by atoms with van der Waals surface area (Å²) in [6, 6.07) is 0. The van der Waals surface area contributed by atoms with Gasteiger partial charge in [-0.1, -0.05) is 26.0 Å². The molecule has 5 rings (SSSR count). The second kappa shape index (κ2) is 5.46. The van der Waals surface area contributed by atoms with Gasteiger partial charge >= 0.3 is 5.97 Å². The van der Waals surface area contributed by atoms with E-state index in [4.69, 9.17) is 4.74 Å². The molecule has 0 heterocycles. The smallest absolute Gasteiger partial charge is 0.303 e. The number of Topliss-reactive ketones (excluding diaryl/α,β-unsaturated/α-hetero) is 1. The fourth-order valence-electron chi connectivity index (χ4n) is 7.96. The number of ether oxygens (including phenoxy) is 1. The minimum atomic E-state index is -0.982. The van der Waals surface area contributed by atoms with Crippen molar-refractivity contribution < 1.29 is 19.1 Å². The van der Waals surface area contributed by atoms with E-state index in [1.165, 1.54) is 12.5 Å². The van der Waals surface area contributed by atoms with Crippen molar-refractivity contribution in [2.24, 2.45) is 40.4 Å². The lowest BCUT2D eigenvalue weighted by molar-refractivity contribution is -0.185. The van der Waals surface area contributed by atoms with Gasteiger partial charge in [-0.3, -0.25) is 14.4 Å². The Labute approximate surface area is 166 Å². The fourth-order valence-corrected chi connectivity index (χ4v) is 7.96. The Morgan fingerprint density at radius 2 is 1.79 bits per heavy atom. The summed E-state index contributed by atoms with van der Waals surface area (Å²) < 4.78 is 5.82. The fraction of sp³-hybridized carbons (Fsp3) is 0.708. The Hall–Kier alpha value is -1.71. The van der Waals surface area contributed by atoms with Gasteiger partial charge in [0.25, 0.3) is 0 Å². The van der Waals surface area contributed by atoms with Crippen molar-refractivity contribution >= 4 is 17.5 Å². The summed E-state index contributed by atoms with van der Waals surface area (Å²) in [6.45, 7) is 7.55. The molecule has 0 bridgehead atoms. The van der Waals surface area contributed by atoms with E-state index in [-0.39, 0.29) is 28.5 Å². The molecule has 0 radical (unpaired) electrons. The summed E-state index contributed by atoms with van der Waals surface area (Å²) in [4.78, 5) is 37.0. The Balaban J connectivity index is 1.56. The van der Waals surface area contributed by atoms with Crippen LogP contribution in [-0.2, 0) is 19.1 Å². The third-order valence-electron chi connectivity index (χ3n) is 9.45. The van der Waals surface area contributed by atoms with Gasteiger partial charge in [0.05, 0.1) is 0 Å². The maximum absolute atomic E-state index is 12.8. The van der Waals surface area contributed by atoms with Crippen molar-refractivity contribution in [3.8, 4) is 0 Å². The number of hydrogen-bond acceptors (Lipinski definition) is 4. The molecule has 5 aliphatic rings. The van der Waals surface area contributed by atoms with E-state index in [1.807, 2.05) is 6.08 Å². The number of fused-ring (bicyclic) bond motifs is 7. The number of ketones is 2. The van der Waals surface area contributed by atoms with Crippen LogP contribution in [0.25, 0.3) is 0 Å². The summed E-state index contributed by atoms with van der Waals surface area (Å²) in [5.41, 5.74) is -0.00957. The van der Waals surface area contributed by atoms with Crippen molar-refractivity contribution in [1.29, 1.82) is 0 Å². The van der Waals surface area contributed by atoms with Crippen LogP contribution < -0.4 is 0 Å². The number of rotatable bonds is 2. The molecular weight excluding hydrogens is 352 g/mol. The molecule has 3 saturated carbocycles. The quantitative estimate of drug-likeness (QED) is 0.676. The molecule has 0 saturated heterocycles. The molecule has 0 aromatic heterocycles. The van der Waals surface area contributed by atoms with Crippen LogP contribution in [0.4, 0.5) is 0 Å². The van der Waals surface area contributed by atoms with E-state index in [2.05, 4.69) is 26.0 Å². The maximum Gasteiger partial charge on any atom is 0.303 e. The van der Waals surface area contributed by atoms with Gasteiger partial charge in [-0.15, -0.1) is 0 Å².